The van der Waals surface area contributed by atoms with Gasteiger partial charge in [0.1, 0.15) is 46.0 Å². The van der Waals surface area contributed by atoms with E-state index in [1.807, 2.05) is 121 Å². The van der Waals surface area contributed by atoms with Gasteiger partial charge in [-0.15, -0.1) is 0 Å². The largest absolute Gasteiger partial charge is 0.497 e. The quantitative estimate of drug-likeness (QED) is 0.148. The molecule has 0 saturated carbocycles. The number of rotatable bonds is 9. The Balaban J connectivity index is 1.26. The van der Waals surface area contributed by atoms with E-state index in [2.05, 4.69) is 13.2 Å². The predicted molar refractivity (Wildman–Crippen MR) is 200 cm³/mol. The Bertz CT molecular complexity index is 2050. The number of benzene rings is 6. The van der Waals surface area contributed by atoms with Crippen molar-refractivity contribution in [1.82, 2.24) is 0 Å². The third-order valence-electron chi connectivity index (χ3n) is 8.83. The van der Waals surface area contributed by atoms with E-state index >= 15 is 0 Å². The molecule has 0 bridgehead atoms. The third kappa shape index (κ3) is 6.00. The van der Waals surface area contributed by atoms with Crippen molar-refractivity contribution in [2.75, 3.05) is 14.2 Å². The van der Waals surface area contributed by atoms with Gasteiger partial charge in [0.15, 0.2) is 0 Å². The average molecular weight is 691 g/mol. The van der Waals surface area contributed by atoms with Gasteiger partial charge in [-0.25, -0.2) is 0 Å². The molecule has 0 N–H and O–H groups in total. The molecule has 0 spiro atoms. The standard InChI is InChI=1S/C44H34O8/c1-5-27-23-29(45-3)25-35(41(27)51-43-47-37-19-11-7-15-31(37)32-16-8-12-20-38(32)48-43)36-26-30(46-4)24-28(6-2)42(36)52-44-49-39-21-13-9-17-33(39)34-18-10-14-22-40(34)50-44/h5-26,43-44H,1-2H2,3-4H3. The second-order valence-electron chi connectivity index (χ2n) is 11.9. The lowest BCUT2D eigenvalue weighted by Crippen LogP contribution is -2.31. The normalized spacial score (nSPS) is 13.0. The predicted octanol–water partition coefficient (Wildman–Crippen LogP) is 10.3. The minimum Gasteiger partial charge on any atom is -0.497 e. The molecule has 2 aliphatic rings. The highest BCUT2D eigenvalue weighted by atomic mass is 16.9. The van der Waals surface area contributed by atoms with E-state index in [0.29, 0.717) is 68.2 Å². The molecule has 0 amide bonds. The zero-order valence-electron chi connectivity index (χ0n) is 28.5. The zero-order valence-corrected chi connectivity index (χ0v) is 28.5. The van der Waals surface area contributed by atoms with Crippen LogP contribution in [0.1, 0.15) is 11.1 Å². The Morgan fingerprint density at radius 3 is 1.04 bits per heavy atom. The summed E-state index contributed by atoms with van der Waals surface area (Å²) in [5.41, 5.74) is 5.90. The highest BCUT2D eigenvalue weighted by molar-refractivity contribution is 5.85. The Labute approximate surface area is 301 Å². The van der Waals surface area contributed by atoms with Crippen LogP contribution in [0, 0.1) is 0 Å². The van der Waals surface area contributed by atoms with E-state index in [1.165, 1.54) is 0 Å². The summed E-state index contributed by atoms with van der Waals surface area (Å²) in [4.78, 5) is 0. The van der Waals surface area contributed by atoms with Crippen LogP contribution in [0.5, 0.6) is 46.0 Å². The van der Waals surface area contributed by atoms with Gasteiger partial charge in [-0.1, -0.05) is 98.1 Å². The van der Waals surface area contributed by atoms with Gasteiger partial charge in [-0.05, 0) is 48.5 Å². The second-order valence-corrected chi connectivity index (χ2v) is 11.9. The lowest BCUT2D eigenvalue weighted by atomic mass is 9.97. The molecule has 0 unspecified atom stereocenters. The van der Waals surface area contributed by atoms with E-state index in [9.17, 15) is 0 Å². The fourth-order valence-corrected chi connectivity index (χ4v) is 6.37. The Kier molecular flexibility index (Phi) is 8.63. The number of hydrogen-bond acceptors (Lipinski definition) is 8. The van der Waals surface area contributed by atoms with Crippen molar-refractivity contribution in [2.24, 2.45) is 0 Å². The zero-order chi connectivity index (χ0) is 35.6. The van der Waals surface area contributed by atoms with Gasteiger partial charge in [0.05, 0.1) is 14.2 Å². The van der Waals surface area contributed by atoms with Crippen LogP contribution in [0.2, 0.25) is 0 Å². The molecule has 8 heteroatoms. The van der Waals surface area contributed by atoms with Crippen molar-refractivity contribution >= 4 is 12.2 Å². The molecular formula is C44H34O8. The Hall–Kier alpha value is -6.80. The van der Waals surface area contributed by atoms with E-state index in [1.54, 1.807) is 26.4 Å². The van der Waals surface area contributed by atoms with Crippen molar-refractivity contribution in [3.8, 4) is 79.4 Å². The van der Waals surface area contributed by atoms with Crippen molar-refractivity contribution in [2.45, 2.75) is 13.0 Å². The maximum absolute atomic E-state index is 6.71. The topological polar surface area (TPSA) is 73.8 Å². The summed E-state index contributed by atoms with van der Waals surface area (Å²) in [6.07, 6.45) is 3.36. The van der Waals surface area contributed by atoms with Crippen LogP contribution >= 0.6 is 0 Å². The van der Waals surface area contributed by atoms with Crippen LogP contribution in [0.15, 0.2) is 134 Å². The molecule has 0 radical (unpaired) electrons. The molecular weight excluding hydrogens is 656 g/mol. The summed E-state index contributed by atoms with van der Waals surface area (Å²) < 4.78 is 50.5. The number of ether oxygens (including phenoxy) is 8. The lowest BCUT2D eigenvalue weighted by Gasteiger charge is -2.25. The molecule has 0 aromatic heterocycles. The number of fused-ring (bicyclic) bond motifs is 6. The van der Waals surface area contributed by atoms with E-state index in [-0.39, 0.29) is 0 Å². The maximum Gasteiger partial charge on any atom is 0.406 e. The highest BCUT2D eigenvalue weighted by Crippen LogP contribution is 2.48. The van der Waals surface area contributed by atoms with E-state index in [0.717, 1.165) is 22.3 Å². The van der Waals surface area contributed by atoms with Crippen molar-refractivity contribution in [1.29, 1.82) is 0 Å². The van der Waals surface area contributed by atoms with Crippen LogP contribution in [0.4, 0.5) is 0 Å². The molecule has 0 saturated heterocycles. The van der Waals surface area contributed by atoms with Crippen LogP contribution in [0.3, 0.4) is 0 Å². The number of methoxy groups -OCH3 is 2. The van der Waals surface area contributed by atoms with Crippen molar-refractivity contribution < 1.29 is 37.9 Å². The smallest absolute Gasteiger partial charge is 0.406 e. The van der Waals surface area contributed by atoms with Crippen LogP contribution < -0.4 is 37.9 Å². The summed E-state index contributed by atoms with van der Waals surface area (Å²) in [7, 11) is 3.19. The van der Waals surface area contributed by atoms with Crippen LogP contribution in [-0.4, -0.2) is 27.2 Å². The molecule has 8 nitrogen and oxygen atoms in total. The number of para-hydroxylation sites is 4. The molecule has 258 valence electrons. The van der Waals surface area contributed by atoms with Gasteiger partial charge >= 0.3 is 13.0 Å². The molecule has 2 aliphatic heterocycles. The summed E-state index contributed by atoms with van der Waals surface area (Å²) in [6, 6.07) is 38.3. The molecule has 8 rings (SSSR count). The van der Waals surface area contributed by atoms with Crippen LogP contribution in [-0.2, 0) is 0 Å². The molecule has 6 aromatic rings. The third-order valence-corrected chi connectivity index (χ3v) is 8.83. The minimum absolute atomic E-state index is 0.393. The summed E-state index contributed by atoms with van der Waals surface area (Å²) in [6.45, 7) is 5.81. The SMILES string of the molecule is C=Cc1cc(OC)cc(-c2cc(OC)cc(C=C)c2OC2Oc3ccccc3-c3ccccc3O2)c1OC1Oc2ccccc2-c2ccccc2O1. The molecule has 52 heavy (non-hydrogen) atoms. The van der Waals surface area contributed by atoms with Crippen molar-refractivity contribution in [3.63, 3.8) is 0 Å². The fourth-order valence-electron chi connectivity index (χ4n) is 6.37. The van der Waals surface area contributed by atoms with Crippen molar-refractivity contribution in [3.05, 3.63) is 146 Å². The lowest BCUT2D eigenvalue weighted by molar-refractivity contribution is -0.139. The first-order valence-electron chi connectivity index (χ1n) is 16.6. The first-order chi connectivity index (χ1) is 25.6. The van der Waals surface area contributed by atoms with Gasteiger partial charge in [0.2, 0.25) is 0 Å². The van der Waals surface area contributed by atoms with Gasteiger partial charge < -0.3 is 37.9 Å². The molecule has 0 atom stereocenters. The number of hydrogen-bond donors (Lipinski definition) is 0. The van der Waals surface area contributed by atoms with E-state index in [4.69, 9.17) is 37.9 Å². The van der Waals surface area contributed by atoms with E-state index < -0.39 is 13.0 Å². The summed E-state index contributed by atoms with van der Waals surface area (Å²) in [5.74, 6) is 4.31. The average Bonchev–Trinajstić information content (AvgIpc) is 3.45. The Morgan fingerprint density at radius 1 is 0.442 bits per heavy atom. The second kappa shape index (κ2) is 13.8. The van der Waals surface area contributed by atoms with Gasteiger partial charge in [0.25, 0.3) is 0 Å². The minimum atomic E-state index is -1.19. The highest BCUT2D eigenvalue weighted by Gasteiger charge is 2.30. The Morgan fingerprint density at radius 2 is 0.750 bits per heavy atom. The molecule has 6 aromatic carbocycles. The first kappa shape index (κ1) is 32.4. The van der Waals surface area contributed by atoms with Crippen LogP contribution in [0.25, 0.3) is 45.5 Å². The molecule has 2 heterocycles. The molecule has 0 fully saturated rings. The molecule has 0 aliphatic carbocycles. The van der Waals surface area contributed by atoms with Gasteiger partial charge in [-0.2, -0.15) is 0 Å². The summed E-state index contributed by atoms with van der Waals surface area (Å²) in [5, 5.41) is 0. The van der Waals surface area contributed by atoms with Gasteiger partial charge in [0, 0.05) is 44.5 Å². The fraction of sp³-hybridized carbons (Fsp3) is 0.0909. The van der Waals surface area contributed by atoms with Gasteiger partial charge in [-0.3, -0.25) is 0 Å². The monoisotopic (exact) mass is 690 g/mol. The summed E-state index contributed by atoms with van der Waals surface area (Å²) >= 11 is 0. The maximum atomic E-state index is 6.71. The first-order valence-corrected chi connectivity index (χ1v) is 16.6.